The van der Waals surface area contributed by atoms with E-state index in [0.717, 1.165) is 11.3 Å². The first-order chi connectivity index (χ1) is 9.79. The number of carbonyl (C=O) groups is 1. The molecule has 0 saturated heterocycles. The van der Waals surface area contributed by atoms with E-state index in [1.165, 1.54) is 6.07 Å². The minimum Gasteiger partial charge on any atom is -0.482 e. The van der Waals surface area contributed by atoms with Gasteiger partial charge < -0.3 is 14.3 Å². The number of furan rings is 1. The van der Waals surface area contributed by atoms with Crippen molar-refractivity contribution in [1.82, 2.24) is 0 Å². The van der Waals surface area contributed by atoms with Gasteiger partial charge in [0.1, 0.15) is 11.5 Å². The van der Waals surface area contributed by atoms with Gasteiger partial charge in [-0.3, -0.25) is 0 Å². The summed E-state index contributed by atoms with van der Waals surface area (Å²) in [6.07, 6.45) is -0.360. The summed E-state index contributed by atoms with van der Waals surface area (Å²) in [6, 6.07) is 10.9. The van der Waals surface area contributed by atoms with Crippen molar-refractivity contribution >= 4 is 5.97 Å². The van der Waals surface area contributed by atoms with Crippen LogP contribution in [0.3, 0.4) is 0 Å². The van der Waals surface area contributed by atoms with Gasteiger partial charge in [0.2, 0.25) is 5.76 Å². The molecule has 1 unspecified atom stereocenters. The maximum Gasteiger partial charge on any atom is 0.371 e. The number of hydrogen-bond donors (Lipinski definition) is 1. The van der Waals surface area contributed by atoms with Crippen LogP contribution in [0.1, 0.15) is 55.7 Å². The molecule has 0 radical (unpaired) electrons. The monoisotopic (exact) mass is 288 g/mol. The zero-order valence-electron chi connectivity index (χ0n) is 12.7. The lowest BCUT2D eigenvalue weighted by molar-refractivity contribution is 0.0655. The summed E-state index contributed by atoms with van der Waals surface area (Å²) in [5, 5.41) is 8.89. The van der Waals surface area contributed by atoms with E-state index in [0.29, 0.717) is 5.76 Å². The topological polar surface area (TPSA) is 59.7 Å². The Morgan fingerprint density at radius 1 is 1.19 bits per heavy atom. The van der Waals surface area contributed by atoms with E-state index in [1.807, 2.05) is 31.2 Å². The quantitative estimate of drug-likeness (QED) is 0.905. The number of hydrogen-bond acceptors (Lipinski definition) is 3. The molecule has 0 amide bonds. The lowest BCUT2D eigenvalue weighted by atomic mass is 9.86. The molecule has 0 bridgehead atoms. The third-order valence-corrected chi connectivity index (χ3v) is 3.24. The number of carboxylic acids is 1. The van der Waals surface area contributed by atoms with Crippen LogP contribution in [0.4, 0.5) is 0 Å². The molecule has 0 fully saturated rings. The second-order valence-corrected chi connectivity index (χ2v) is 6.01. The minimum atomic E-state index is -1.08. The van der Waals surface area contributed by atoms with Crippen molar-refractivity contribution in [3.05, 3.63) is 53.5 Å². The average molecular weight is 288 g/mol. The van der Waals surface area contributed by atoms with Crippen molar-refractivity contribution < 1.29 is 19.1 Å². The fourth-order valence-corrected chi connectivity index (χ4v) is 2.12. The Labute approximate surface area is 124 Å². The van der Waals surface area contributed by atoms with E-state index in [-0.39, 0.29) is 17.3 Å². The molecule has 2 rings (SSSR count). The molecule has 2 aromatic rings. The first-order valence-corrected chi connectivity index (χ1v) is 6.88. The summed E-state index contributed by atoms with van der Waals surface area (Å²) in [5.74, 6) is 0.120. The van der Waals surface area contributed by atoms with Crippen molar-refractivity contribution in [2.45, 2.75) is 39.2 Å². The molecule has 1 aromatic heterocycles. The Balaban J connectivity index is 2.23. The third-order valence-electron chi connectivity index (χ3n) is 3.24. The highest BCUT2D eigenvalue weighted by molar-refractivity contribution is 5.84. The number of ether oxygens (including phenoxy) is 1. The average Bonchev–Trinajstić information content (AvgIpc) is 2.88. The van der Waals surface area contributed by atoms with Crippen LogP contribution in [0.2, 0.25) is 0 Å². The molecular weight excluding hydrogens is 268 g/mol. The van der Waals surface area contributed by atoms with E-state index >= 15 is 0 Å². The molecule has 112 valence electrons. The molecule has 1 aromatic carbocycles. The second-order valence-electron chi connectivity index (χ2n) is 6.01. The fraction of sp³-hybridized carbons (Fsp3) is 0.353. The SMILES string of the molecule is CC(Oc1ccccc1C(C)(C)C)c1ccc(C(=O)O)o1. The molecule has 1 N–H and O–H groups in total. The summed E-state index contributed by atoms with van der Waals surface area (Å²) in [4.78, 5) is 10.8. The Morgan fingerprint density at radius 3 is 2.43 bits per heavy atom. The van der Waals surface area contributed by atoms with Crippen LogP contribution >= 0.6 is 0 Å². The Bertz CT molecular complexity index is 634. The second kappa shape index (κ2) is 5.64. The molecule has 21 heavy (non-hydrogen) atoms. The summed E-state index contributed by atoms with van der Waals surface area (Å²) < 4.78 is 11.2. The van der Waals surface area contributed by atoms with Crippen molar-refractivity contribution in [3.8, 4) is 5.75 Å². The molecule has 0 aliphatic rings. The van der Waals surface area contributed by atoms with Crippen LogP contribution in [-0.2, 0) is 5.41 Å². The Morgan fingerprint density at radius 2 is 1.86 bits per heavy atom. The largest absolute Gasteiger partial charge is 0.482 e. The van der Waals surface area contributed by atoms with E-state index in [9.17, 15) is 4.79 Å². The Hall–Kier alpha value is -2.23. The zero-order chi connectivity index (χ0) is 15.6. The van der Waals surface area contributed by atoms with Gasteiger partial charge in [0.15, 0.2) is 6.10 Å². The van der Waals surface area contributed by atoms with Gasteiger partial charge in [-0.25, -0.2) is 4.79 Å². The fourth-order valence-electron chi connectivity index (χ4n) is 2.12. The van der Waals surface area contributed by atoms with Crippen LogP contribution in [0.5, 0.6) is 5.75 Å². The minimum absolute atomic E-state index is 0.0360. The van der Waals surface area contributed by atoms with Crippen LogP contribution in [0.25, 0.3) is 0 Å². The molecule has 4 heteroatoms. The summed E-state index contributed by atoms with van der Waals surface area (Å²) in [5.41, 5.74) is 1.06. The van der Waals surface area contributed by atoms with Crippen molar-refractivity contribution in [3.63, 3.8) is 0 Å². The lowest BCUT2D eigenvalue weighted by Gasteiger charge is -2.24. The molecule has 0 spiro atoms. The molecule has 0 aliphatic carbocycles. The summed E-state index contributed by atoms with van der Waals surface area (Å²) in [7, 11) is 0. The summed E-state index contributed by atoms with van der Waals surface area (Å²) in [6.45, 7) is 8.20. The first kappa shape index (κ1) is 15.2. The first-order valence-electron chi connectivity index (χ1n) is 6.88. The number of carboxylic acid groups (broad SMARTS) is 1. The van der Waals surface area contributed by atoms with Crippen LogP contribution in [0, 0.1) is 0 Å². The maximum atomic E-state index is 10.8. The molecule has 0 aliphatic heterocycles. The van der Waals surface area contributed by atoms with Crippen molar-refractivity contribution in [2.24, 2.45) is 0 Å². The van der Waals surface area contributed by atoms with Crippen LogP contribution in [-0.4, -0.2) is 11.1 Å². The highest BCUT2D eigenvalue weighted by Gasteiger charge is 2.21. The van der Waals surface area contributed by atoms with Crippen LogP contribution < -0.4 is 4.74 Å². The van der Waals surface area contributed by atoms with Gasteiger partial charge in [-0.1, -0.05) is 39.0 Å². The van der Waals surface area contributed by atoms with Gasteiger partial charge in [-0.2, -0.15) is 0 Å². The lowest BCUT2D eigenvalue weighted by Crippen LogP contribution is -2.14. The zero-order valence-corrected chi connectivity index (χ0v) is 12.7. The van der Waals surface area contributed by atoms with Gasteiger partial charge in [0.05, 0.1) is 0 Å². The van der Waals surface area contributed by atoms with E-state index < -0.39 is 5.97 Å². The van der Waals surface area contributed by atoms with Gasteiger partial charge in [-0.05, 0) is 36.1 Å². The van der Waals surface area contributed by atoms with Gasteiger partial charge in [0, 0.05) is 0 Å². The number of rotatable bonds is 4. The molecule has 4 nitrogen and oxygen atoms in total. The molecule has 1 heterocycles. The molecule has 1 atom stereocenters. The maximum absolute atomic E-state index is 10.8. The Kier molecular flexibility index (Phi) is 4.07. The predicted octanol–water partition coefficient (Wildman–Crippen LogP) is 4.42. The van der Waals surface area contributed by atoms with Crippen LogP contribution in [0.15, 0.2) is 40.8 Å². The standard InChI is InChI=1S/C17H20O4/c1-11(13-9-10-15(21-13)16(18)19)20-14-8-6-5-7-12(14)17(2,3)4/h5-11H,1-4H3,(H,18,19). The van der Waals surface area contributed by atoms with Crippen molar-refractivity contribution in [1.29, 1.82) is 0 Å². The van der Waals surface area contributed by atoms with Crippen molar-refractivity contribution in [2.75, 3.05) is 0 Å². The number of benzene rings is 1. The van der Waals surface area contributed by atoms with E-state index in [2.05, 4.69) is 20.8 Å². The van der Waals surface area contributed by atoms with Gasteiger partial charge in [-0.15, -0.1) is 0 Å². The molecular formula is C17H20O4. The summed E-state index contributed by atoms with van der Waals surface area (Å²) >= 11 is 0. The van der Waals surface area contributed by atoms with E-state index in [1.54, 1.807) is 6.07 Å². The smallest absolute Gasteiger partial charge is 0.371 e. The number of para-hydroxylation sites is 1. The number of aromatic carboxylic acids is 1. The highest BCUT2D eigenvalue weighted by atomic mass is 16.5. The van der Waals surface area contributed by atoms with Gasteiger partial charge in [0.25, 0.3) is 0 Å². The normalized spacial score (nSPS) is 13.0. The van der Waals surface area contributed by atoms with Gasteiger partial charge >= 0.3 is 5.97 Å². The van der Waals surface area contributed by atoms with E-state index in [4.69, 9.17) is 14.3 Å². The predicted molar refractivity (Wildman–Crippen MR) is 79.9 cm³/mol. The molecule has 0 saturated carbocycles. The highest BCUT2D eigenvalue weighted by Crippen LogP contribution is 2.33. The third kappa shape index (κ3) is 3.45.